The summed E-state index contributed by atoms with van der Waals surface area (Å²) in [5.74, 6) is -1.34. The minimum absolute atomic E-state index is 0.0999. The second-order valence-electron chi connectivity index (χ2n) is 3.84. The van der Waals surface area contributed by atoms with Gasteiger partial charge in [0.05, 0.1) is 11.5 Å². The normalized spacial score (nSPS) is 12.1. The van der Waals surface area contributed by atoms with Crippen molar-refractivity contribution in [3.8, 4) is 0 Å². The Morgan fingerprint density at radius 1 is 1.56 bits per heavy atom. The number of aromatic carboxylic acids is 1. The van der Waals surface area contributed by atoms with Crippen molar-refractivity contribution in [1.29, 1.82) is 0 Å². The van der Waals surface area contributed by atoms with Gasteiger partial charge in [-0.1, -0.05) is 12.1 Å². The van der Waals surface area contributed by atoms with Crippen molar-refractivity contribution in [2.45, 2.75) is 19.5 Å². The van der Waals surface area contributed by atoms with E-state index in [-0.39, 0.29) is 24.8 Å². The molecule has 0 bridgehead atoms. The summed E-state index contributed by atoms with van der Waals surface area (Å²) in [5, 5.41) is 31.5. The lowest BCUT2D eigenvalue weighted by molar-refractivity contribution is -0.385. The van der Waals surface area contributed by atoms with Crippen LogP contribution in [0.2, 0.25) is 0 Å². The minimum atomic E-state index is -1.34. The maximum atomic E-state index is 11.1. The second-order valence-corrected chi connectivity index (χ2v) is 3.84. The number of nitrogens with zero attached hydrogens (tertiary/aromatic N) is 1. The van der Waals surface area contributed by atoms with Gasteiger partial charge in [0.25, 0.3) is 5.69 Å². The van der Waals surface area contributed by atoms with Gasteiger partial charge in [-0.3, -0.25) is 10.1 Å². The third-order valence-corrected chi connectivity index (χ3v) is 2.45. The molecule has 1 atom stereocenters. The molecular weight excluding hydrogens is 240 g/mol. The van der Waals surface area contributed by atoms with E-state index >= 15 is 0 Å². The minimum Gasteiger partial charge on any atom is -0.477 e. The molecule has 3 N–H and O–H groups in total. The summed E-state index contributed by atoms with van der Waals surface area (Å²) in [6.45, 7) is 1.76. The van der Waals surface area contributed by atoms with Crippen LogP contribution in [0.4, 0.5) is 5.69 Å². The molecule has 0 saturated heterocycles. The zero-order valence-corrected chi connectivity index (χ0v) is 9.79. The number of carboxylic acid groups (broad SMARTS) is 1. The number of hydrogen-bond donors (Lipinski definition) is 3. The smallest absolute Gasteiger partial charge is 0.343 e. The Morgan fingerprint density at radius 2 is 2.22 bits per heavy atom. The molecule has 0 fully saturated rings. The first-order valence-electron chi connectivity index (χ1n) is 5.31. The summed E-state index contributed by atoms with van der Waals surface area (Å²) >= 11 is 0. The number of nitro groups is 1. The van der Waals surface area contributed by atoms with Gasteiger partial charge in [0, 0.05) is 18.7 Å². The van der Waals surface area contributed by atoms with E-state index in [2.05, 4.69) is 5.32 Å². The van der Waals surface area contributed by atoms with Crippen LogP contribution in [0, 0.1) is 10.1 Å². The zero-order chi connectivity index (χ0) is 13.7. The van der Waals surface area contributed by atoms with E-state index in [1.54, 1.807) is 6.92 Å². The van der Waals surface area contributed by atoms with Crippen molar-refractivity contribution in [3.63, 3.8) is 0 Å². The summed E-state index contributed by atoms with van der Waals surface area (Å²) in [6, 6.07) is 3.88. The van der Waals surface area contributed by atoms with E-state index in [0.717, 1.165) is 6.07 Å². The number of benzene rings is 1. The van der Waals surface area contributed by atoms with Crippen LogP contribution in [0.1, 0.15) is 22.8 Å². The number of nitrogens with one attached hydrogen (secondary N) is 1. The topological polar surface area (TPSA) is 113 Å². The fraction of sp³-hybridized carbons (Fsp3) is 0.364. The Bertz CT molecular complexity index is 461. The Morgan fingerprint density at radius 3 is 2.72 bits per heavy atom. The zero-order valence-electron chi connectivity index (χ0n) is 9.79. The molecule has 0 radical (unpaired) electrons. The van der Waals surface area contributed by atoms with E-state index in [0.29, 0.717) is 5.56 Å². The van der Waals surface area contributed by atoms with Gasteiger partial charge in [0.2, 0.25) is 0 Å². The largest absolute Gasteiger partial charge is 0.477 e. The van der Waals surface area contributed by atoms with E-state index in [1.165, 1.54) is 12.1 Å². The van der Waals surface area contributed by atoms with Gasteiger partial charge in [-0.05, 0) is 12.5 Å². The second kappa shape index (κ2) is 6.08. The van der Waals surface area contributed by atoms with Crippen molar-refractivity contribution in [2.24, 2.45) is 0 Å². The Balaban J connectivity index is 3.07. The van der Waals surface area contributed by atoms with Crippen LogP contribution in [0.5, 0.6) is 0 Å². The monoisotopic (exact) mass is 254 g/mol. The molecule has 7 heteroatoms. The molecule has 7 nitrogen and oxygen atoms in total. The molecule has 1 rings (SSSR count). The summed E-state index contributed by atoms with van der Waals surface area (Å²) in [6.07, 6.45) is 0. The molecule has 0 amide bonds. The molecule has 1 unspecified atom stereocenters. The first kappa shape index (κ1) is 14.1. The van der Waals surface area contributed by atoms with Gasteiger partial charge in [-0.2, -0.15) is 0 Å². The standard InChI is InChI=1S/C11H14N2O5/c1-7(6-14)12-5-8-3-2-4-9(13(17)18)10(8)11(15)16/h2-4,7,12,14H,5-6H2,1H3,(H,15,16). The molecule has 0 aromatic heterocycles. The molecule has 0 spiro atoms. The summed E-state index contributed by atoms with van der Waals surface area (Å²) < 4.78 is 0. The van der Waals surface area contributed by atoms with Crippen LogP contribution >= 0.6 is 0 Å². The van der Waals surface area contributed by atoms with Gasteiger partial charge >= 0.3 is 5.97 Å². The Kier molecular flexibility index (Phi) is 4.75. The van der Waals surface area contributed by atoms with Crippen LogP contribution in [0.25, 0.3) is 0 Å². The van der Waals surface area contributed by atoms with Crippen LogP contribution in [0.15, 0.2) is 18.2 Å². The Labute approximate surface area is 103 Å². The molecular formula is C11H14N2O5. The number of carbonyl (C=O) groups is 1. The molecule has 0 aliphatic carbocycles. The van der Waals surface area contributed by atoms with Gasteiger partial charge in [0.1, 0.15) is 5.56 Å². The number of aliphatic hydroxyl groups excluding tert-OH is 1. The highest BCUT2D eigenvalue weighted by atomic mass is 16.6. The van der Waals surface area contributed by atoms with Gasteiger partial charge in [0.15, 0.2) is 0 Å². The van der Waals surface area contributed by atoms with Crippen LogP contribution in [-0.2, 0) is 6.54 Å². The third kappa shape index (κ3) is 3.25. The van der Waals surface area contributed by atoms with E-state index < -0.39 is 16.6 Å². The van der Waals surface area contributed by atoms with Crippen molar-refractivity contribution in [3.05, 3.63) is 39.4 Å². The predicted molar refractivity (Wildman–Crippen MR) is 63.4 cm³/mol. The number of carboxylic acids is 1. The number of rotatable bonds is 6. The van der Waals surface area contributed by atoms with Crippen molar-refractivity contribution >= 4 is 11.7 Å². The van der Waals surface area contributed by atoms with E-state index in [4.69, 9.17) is 10.2 Å². The van der Waals surface area contributed by atoms with Crippen molar-refractivity contribution in [1.82, 2.24) is 5.32 Å². The molecule has 1 aromatic carbocycles. The van der Waals surface area contributed by atoms with Gasteiger partial charge in [-0.15, -0.1) is 0 Å². The molecule has 0 aliphatic rings. The average Bonchev–Trinajstić information content (AvgIpc) is 2.34. The molecule has 0 aliphatic heterocycles. The first-order chi connectivity index (χ1) is 8.47. The number of nitro benzene ring substituents is 1. The molecule has 0 heterocycles. The summed E-state index contributed by atoms with van der Waals surface area (Å²) in [7, 11) is 0. The highest BCUT2D eigenvalue weighted by Crippen LogP contribution is 2.22. The summed E-state index contributed by atoms with van der Waals surface area (Å²) in [4.78, 5) is 21.1. The molecule has 18 heavy (non-hydrogen) atoms. The van der Waals surface area contributed by atoms with Crippen LogP contribution in [-0.4, -0.2) is 33.8 Å². The quantitative estimate of drug-likeness (QED) is 0.510. The number of aliphatic hydroxyl groups is 1. The maximum absolute atomic E-state index is 11.1. The maximum Gasteiger partial charge on any atom is 0.343 e. The lowest BCUT2D eigenvalue weighted by atomic mass is 10.1. The SMILES string of the molecule is CC(CO)NCc1cccc([N+](=O)[O-])c1C(=O)O. The lowest BCUT2D eigenvalue weighted by Gasteiger charge is -2.12. The summed E-state index contributed by atoms with van der Waals surface area (Å²) in [5.41, 5.74) is -0.435. The lowest BCUT2D eigenvalue weighted by Crippen LogP contribution is -2.29. The van der Waals surface area contributed by atoms with Gasteiger partial charge in [-0.25, -0.2) is 4.79 Å². The van der Waals surface area contributed by atoms with E-state index in [9.17, 15) is 14.9 Å². The predicted octanol–water partition coefficient (Wildman–Crippen LogP) is 0.763. The highest BCUT2D eigenvalue weighted by Gasteiger charge is 2.23. The Hall–Kier alpha value is -1.99. The fourth-order valence-electron chi connectivity index (χ4n) is 1.48. The van der Waals surface area contributed by atoms with Crippen molar-refractivity contribution in [2.75, 3.05) is 6.61 Å². The molecule has 1 aromatic rings. The van der Waals surface area contributed by atoms with Crippen molar-refractivity contribution < 1.29 is 19.9 Å². The third-order valence-electron chi connectivity index (χ3n) is 2.45. The number of hydrogen-bond acceptors (Lipinski definition) is 5. The van der Waals surface area contributed by atoms with Crippen LogP contribution < -0.4 is 5.32 Å². The average molecular weight is 254 g/mol. The van der Waals surface area contributed by atoms with Crippen LogP contribution in [0.3, 0.4) is 0 Å². The highest BCUT2D eigenvalue weighted by molar-refractivity contribution is 5.94. The molecule has 0 saturated carbocycles. The molecule has 98 valence electrons. The van der Waals surface area contributed by atoms with Gasteiger partial charge < -0.3 is 15.5 Å². The fourth-order valence-corrected chi connectivity index (χ4v) is 1.48. The van der Waals surface area contributed by atoms with E-state index in [1.807, 2.05) is 0 Å². The first-order valence-corrected chi connectivity index (χ1v) is 5.31.